The molecule has 0 saturated heterocycles. The maximum atomic E-state index is 4.63. The minimum absolute atomic E-state index is 0.663. The SMILES string of the molecule is CSC1CCCC(NCc2cn3ccccc3n2)C1. The van der Waals surface area contributed by atoms with E-state index in [4.69, 9.17) is 0 Å². The van der Waals surface area contributed by atoms with Gasteiger partial charge in [-0.1, -0.05) is 12.5 Å². The molecule has 3 nitrogen and oxygen atoms in total. The summed E-state index contributed by atoms with van der Waals surface area (Å²) >= 11 is 2.02. The van der Waals surface area contributed by atoms with Crippen LogP contribution in [0.4, 0.5) is 0 Å². The molecule has 1 aliphatic carbocycles. The highest BCUT2D eigenvalue weighted by molar-refractivity contribution is 7.99. The van der Waals surface area contributed by atoms with Gasteiger partial charge in [0.25, 0.3) is 0 Å². The molecule has 0 bridgehead atoms. The van der Waals surface area contributed by atoms with E-state index in [1.165, 1.54) is 25.7 Å². The van der Waals surface area contributed by atoms with Crippen LogP contribution >= 0.6 is 11.8 Å². The van der Waals surface area contributed by atoms with Crippen LogP contribution in [0.1, 0.15) is 31.4 Å². The van der Waals surface area contributed by atoms with E-state index < -0.39 is 0 Å². The molecule has 2 aromatic rings. The summed E-state index contributed by atoms with van der Waals surface area (Å²) in [5.41, 5.74) is 2.17. The molecule has 102 valence electrons. The second-order valence-electron chi connectivity index (χ2n) is 5.30. The summed E-state index contributed by atoms with van der Waals surface area (Å²) in [6, 6.07) is 6.78. The van der Waals surface area contributed by atoms with Crippen LogP contribution in [0.25, 0.3) is 5.65 Å². The van der Waals surface area contributed by atoms with Gasteiger partial charge in [0.15, 0.2) is 0 Å². The number of pyridine rings is 1. The number of hydrogen-bond acceptors (Lipinski definition) is 3. The third-order valence-electron chi connectivity index (χ3n) is 3.95. The zero-order chi connectivity index (χ0) is 13.1. The van der Waals surface area contributed by atoms with Gasteiger partial charge in [-0.25, -0.2) is 4.98 Å². The van der Waals surface area contributed by atoms with E-state index in [9.17, 15) is 0 Å². The van der Waals surface area contributed by atoms with Crippen molar-refractivity contribution < 1.29 is 0 Å². The molecule has 2 heterocycles. The Morgan fingerprint density at radius 3 is 3.21 bits per heavy atom. The van der Waals surface area contributed by atoms with Crippen molar-refractivity contribution in [2.24, 2.45) is 0 Å². The van der Waals surface area contributed by atoms with Crippen molar-refractivity contribution in [2.75, 3.05) is 6.26 Å². The largest absolute Gasteiger partial charge is 0.308 e. The zero-order valence-electron chi connectivity index (χ0n) is 11.4. The van der Waals surface area contributed by atoms with Crippen LogP contribution in [0.15, 0.2) is 30.6 Å². The van der Waals surface area contributed by atoms with Crippen molar-refractivity contribution in [3.05, 3.63) is 36.3 Å². The topological polar surface area (TPSA) is 29.3 Å². The number of thioether (sulfide) groups is 1. The van der Waals surface area contributed by atoms with Crippen LogP contribution in [-0.4, -0.2) is 26.9 Å². The first-order valence-electron chi connectivity index (χ1n) is 7.04. The van der Waals surface area contributed by atoms with E-state index in [0.717, 1.165) is 23.1 Å². The maximum Gasteiger partial charge on any atom is 0.137 e. The number of nitrogens with zero attached hydrogens (tertiary/aromatic N) is 2. The molecule has 0 spiro atoms. The van der Waals surface area contributed by atoms with E-state index >= 15 is 0 Å². The van der Waals surface area contributed by atoms with Gasteiger partial charge >= 0.3 is 0 Å². The standard InChI is InChI=1S/C15H21N3S/c1-19-14-6-4-5-12(9-14)16-10-13-11-18-8-3-2-7-15(18)17-13/h2-3,7-8,11-12,14,16H,4-6,9-10H2,1H3. The van der Waals surface area contributed by atoms with Crippen LogP contribution in [0.5, 0.6) is 0 Å². The minimum Gasteiger partial charge on any atom is -0.308 e. The number of aromatic nitrogens is 2. The fourth-order valence-corrected chi connectivity index (χ4v) is 3.69. The number of hydrogen-bond donors (Lipinski definition) is 1. The van der Waals surface area contributed by atoms with Gasteiger partial charge in [-0.3, -0.25) is 0 Å². The van der Waals surface area contributed by atoms with Crippen molar-refractivity contribution in [3.8, 4) is 0 Å². The van der Waals surface area contributed by atoms with E-state index in [1.54, 1.807) is 0 Å². The summed E-state index contributed by atoms with van der Waals surface area (Å²) in [6.45, 7) is 0.882. The molecule has 1 saturated carbocycles. The molecule has 1 fully saturated rings. The van der Waals surface area contributed by atoms with Crippen molar-refractivity contribution >= 4 is 17.4 Å². The Labute approximate surface area is 118 Å². The number of rotatable bonds is 4. The molecular formula is C15H21N3S. The van der Waals surface area contributed by atoms with Crippen molar-refractivity contribution in [1.82, 2.24) is 14.7 Å². The van der Waals surface area contributed by atoms with Gasteiger partial charge in [0.1, 0.15) is 5.65 Å². The molecule has 0 aliphatic heterocycles. The monoisotopic (exact) mass is 275 g/mol. The van der Waals surface area contributed by atoms with Crippen molar-refractivity contribution in [1.29, 1.82) is 0 Å². The average molecular weight is 275 g/mol. The van der Waals surface area contributed by atoms with Crippen molar-refractivity contribution in [3.63, 3.8) is 0 Å². The van der Waals surface area contributed by atoms with Crippen LogP contribution in [0.3, 0.4) is 0 Å². The molecule has 19 heavy (non-hydrogen) atoms. The molecule has 0 radical (unpaired) electrons. The van der Waals surface area contributed by atoms with E-state index in [0.29, 0.717) is 6.04 Å². The summed E-state index contributed by atoms with van der Waals surface area (Å²) in [5, 5.41) is 4.51. The number of imidazole rings is 1. The lowest BCUT2D eigenvalue weighted by Gasteiger charge is -2.28. The Balaban J connectivity index is 1.59. The molecule has 0 aromatic carbocycles. The third-order valence-corrected chi connectivity index (χ3v) is 5.04. The van der Waals surface area contributed by atoms with Gasteiger partial charge in [0.2, 0.25) is 0 Å². The van der Waals surface area contributed by atoms with Gasteiger partial charge < -0.3 is 9.72 Å². The molecule has 1 N–H and O–H groups in total. The Morgan fingerprint density at radius 2 is 2.37 bits per heavy atom. The fourth-order valence-electron chi connectivity index (χ4n) is 2.87. The molecule has 4 heteroatoms. The van der Waals surface area contributed by atoms with Gasteiger partial charge in [0, 0.05) is 30.2 Å². The summed E-state index contributed by atoms with van der Waals surface area (Å²) in [7, 11) is 0. The summed E-state index contributed by atoms with van der Waals surface area (Å²) in [5.74, 6) is 0. The highest BCUT2D eigenvalue weighted by Crippen LogP contribution is 2.27. The van der Waals surface area contributed by atoms with Crippen LogP contribution in [0, 0.1) is 0 Å². The van der Waals surface area contributed by atoms with Crippen LogP contribution < -0.4 is 5.32 Å². The first kappa shape index (κ1) is 13.0. The second-order valence-corrected chi connectivity index (χ2v) is 6.44. The number of nitrogens with one attached hydrogen (secondary N) is 1. The van der Waals surface area contributed by atoms with E-state index in [1.807, 2.05) is 30.0 Å². The quantitative estimate of drug-likeness (QED) is 0.929. The van der Waals surface area contributed by atoms with Crippen molar-refractivity contribution in [2.45, 2.75) is 43.5 Å². The highest BCUT2D eigenvalue weighted by atomic mass is 32.2. The predicted molar refractivity (Wildman–Crippen MR) is 81.6 cm³/mol. The molecule has 3 rings (SSSR count). The Morgan fingerprint density at radius 1 is 1.42 bits per heavy atom. The predicted octanol–water partition coefficient (Wildman–Crippen LogP) is 3.10. The highest BCUT2D eigenvalue weighted by Gasteiger charge is 2.20. The van der Waals surface area contributed by atoms with Crippen LogP contribution in [-0.2, 0) is 6.54 Å². The molecule has 2 atom stereocenters. The van der Waals surface area contributed by atoms with Crippen LogP contribution in [0.2, 0.25) is 0 Å². The van der Waals surface area contributed by atoms with Gasteiger partial charge in [0.05, 0.1) is 5.69 Å². The van der Waals surface area contributed by atoms with E-state index in [-0.39, 0.29) is 0 Å². The van der Waals surface area contributed by atoms with Gasteiger partial charge in [-0.05, 0) is 37.7 Å². The normalized spacial score (nSPS) is 23.8. The Bertz CT molecular complexity index is 504. The Kier molecular flexibility index (Phi) is 4.09. The first-order chi connectivity index (χ1) is 9.35. The third kappa shape index (κ3) is 3.12. The first-order valence-corrected chi connectivity index (χ1v) is 8.33. The lowest BCUT2D eigenvalue weighted by Crippen LogP contribution is -2.34. The van der Waals surface area contributed by atoms with E-state index in [2.05, 4.69) is 33.4 Å². The number of fused-ring (bicyclic) bond motifs is 1. The molecular weight excluding hydrogens is 254 g/mol. The lowest BCUT2D eigenvalue weighted by atomic mass is 9.95. The summed E-state index contributed by atoms with van der Waals surface area (Å²) < 4.78 is 2.09. The summed E-state index contributed by atoms with van der Waals surface area (Å²) in [4.78, 5) is 4.63. The molecule has 2 unspecified atom stereocenters. The minimum atomic E-state index is 0.663. The average Bonchev–Trinajstić information content (AvgIpc) is 2.88. The molecule has 2 aromatic heterocycles. The summed E-state index contributed by atoms with van der Waals surface area (Å²) in [6.07, 6.45) is 11.8. The Hall–Kier alpha value is -1.00. The smallest absolute Gasteiger partial charge is 0.137 e. The fraction of sp³-hybridized carbons (Fsp3) is 0.533. The maximum absolute atomic E-state index is 4.63. The zero-order valence-corrected chi connectivity index (χ0v) is 12.2. The molecule has 0 amide bonds. The van der Waals surface area contributed by atoms with Gasteiger partial charge in [-0.15, -0.1) is 0 Å². The molecule has 1 aliphatic rings. The second kappa shape index (κ2) is 5.97. The van der Waals surface area contributed by atoms with Gasteiger partial charge in [-0.2, -0.15) is 11.8 Å². The lowest BCUT2D eigenvalue weighted by molar-refractivity contribution is 0.378.